The molecule has 3 rings (SSSR count). The number of nitrogens with zero attached hydrogens (tertiary/aromatic N) is 2. The molecule has 206 valence electrons. The fourth-order valence-corrected chi connectivity index (χ4v) is 5.25. The summed E-state index contributed by atoms with van der Waals surface area (Å²) in [6, 6.07) is 10.5. The number of nitrogens with one attached hydrogen (secondary N) is 1. The Hall–Kier alpha value is -2.60. The number of phenols is 1. The third-order valence-corrected chi connectivity index (χ3v) is 7.57. The number of sulfone groups is 1. The summed E-state index contributed by atoms with van der Waals surface area (Å²) in [6.07, 6.45) is 0. The van der Waals surface area contributed by atoms with E-state index in [1.54, 1.807) is 0 Å². The van der Waals surface area contributed by atoms with Crippen LogP contribution in [-0.2, 0) is 43.1 Å². The molecule has 0 aromatic heterocycles. The molecule has 20 heteroatoms. The van der Waals surface area contributed by atoms with Crippen LogP contribution in [0.3, 0.4) is 0 Å². The van der Waals surface area contributed by atoms with Gasteiger partial charge >= 0.3 is 10.3 Å². The van der Waals surface area contributed by atoms with Gasteiger partial charge in [-0.15, -0.1) is 13.8 Å². The Morgan fingerprint density at radius 3 is 2.26 bits per heavy atom. The van der Waals surface area contributed by atoms with Gasteiger partial charge < -0.3 is 5.11 Å². The second-order valence-electron chi connectivity index (χ2n) is 6.85. The van der Waals surface area contributed by atoms with Gasteiger partial charge in [-0.1, -0.05) is 10.1 Å². The second-order valence-corrected chi connectivity index (χ2v) is 11.4. The molecular formula is C18H17N3O13S4. The van der Waals surface area contributed by atoms with E-state index in [0.29, 0.717) is 12.0 Å². The minimum absolute atomic E-state index is 0.0547. The highest BCUT2D eigenvalue weighted by molar-refractivity contribution is 7.94. The molecule has 0 aliphatic heterocycles. The monoisotopic (exact) mass is 611 g/mol. The fraction of sp³-hybridized carbons (Fsp3) is 0.111. The number of azo groups is 1. The van der Waals surface area contributed by atoms with Crippen molar-refractivity contribution in [1.29, 1.82) is 0 Å². The van der Waals surface area contributed by atoms with Crippen LogP contribution < -0.4 is 4.72 Å². The predicted octanol–water partition coefficient (Wildman–Crippen LogP) is 4.38. The maximum absolute atomic E-state index is 12.4. The minimum Gasteiger partial charge on any atom is -0.507 e. The van der Waals surface area contributed by atoms with Crippen LogP contribution >= 0.6 is 24.4 Å². The Morgan fingerprint density at radius 1 is 0.895 bits per heavy atom. The Kier molecular flexibility index (Phi) is 10.6. The molecule has 16 nitrogen and oxygen atoms in total. The van der Waals surface area contributed by atoms with E-state index in [1.807, 2.05) is 4.72 Å². The van der Waals surface area contributed by atoms with Gasteiger partial charge in [-0.25, -0.2) is 18.9 Å². The number of hydrogen-bond donors (Lipinski definition) is 5. The van der Waals surface area contributed by atoms with Crippen molar-refractivity contribution in [3.8, 4) is 5.75 Å². The number of rotatable bonds is 14. The molecule has 0 radical (unpaired) electrons. The summed E-state index contributed by atoms with van der Waals surface area (Å²) in [5, 5.41) is 42.0. The van der Waals surface area contributed by atoms with Crippen molar-refractivity contribution >= 4 is 72.3 Å². The average Bonchev–Trinajstić information content (AvgIpc) is 2.86. The molecule has 0 unspecified atom stereocenters. The summed E-state index contributed by atoms with van der Waals surface area (Å²) in [4.78, 5) is 0.165. The van der Waals surface area contributed by atoms with Gasteiger partial charge in [0, 0.05) is 15.7 Å². The van der Waals surface area contributed by atoms with Gasteiger partial charge in [0.25, 0.3) is 0 Å². The van der Waals surface area contributed by atoms with E-state index in [4.69, 9.17) is 14.7 Å². The molecule has 0 fully saturated rings. The summed E-state index contributed by atoms with van der Waals surface area (Å²) in [6.45, 7) is -0.273. The van der Waals surface area contributed by atoms with Crippen molar-refractivity contribution in [2.24, 2.45) is 10.2 Å². The maximum Gasteiger partial charge on any atom is 0.357 e. The fourth-order valence-electron chi connectivity index (χ4n) is 2.96. The molecule has 0 aliphatic rings. The number of fused-ring (bicyclic) bond motifs is 1. The topological polar surface area (TPSA) is 232 Å². The lowest BCUT2D eigenvalue weighted by Crippen LogP contribution is -2.10. The first-order valence-corrected chi connectivity index (χ1v) is 14.2. The lowest BCUT2D eigenvalue weighted by atomic mass is 10.1. The molecule has 0 aliphatic carbocycles. The first kappa shape index (κ1) is 29.9. The van der Waals surface area contributed by atoms with Crippen LogP contribution in [0.5, 0.6) is 5.75 Å². The number of benzene rings is 3. The average molecular weight is 612 g/mol. The lowest BCUT2D eigenvalue weighted by molar-refractivity contribution is -0.434. The molecule has 0 bridgehead atoms. The highest BCUT2D eigenvalue weighted by Crippen LogP contribution is 2.41. The summed E-state index contributed by atoms with van der Waals surface area (Å²) in [7, 11) is -8.47. The molecular weight excluding hydrogens is 594 g/mol. The lowest BCUT2D eigenvalue weighted by Gasteiger charge is -2.11. The van der Waals surface area contributed by atoms with Gasteiger partial charge in [0.15, 0.2) is 22.2 Å². The molecule has 5 N–H and O–H groups in total. The molecule has 0 heterocycles. The summed E-state index contributed by atoms with van der Waals surface area (Å²) >= 11 is 0.764. The highest BCUT2D eigenvalue weighted by Gasteiger charge is 2.17. The van der Waals surface area contributed by atoms with Crippen molar-refractivity contribution in [2.75, 3.05) is 17.1 Å². The van der Waals surface area contributed by atoms with Crippen molar-refractivity contribution < 1.29 is 59.9 Å². The summed E-state index contributed by atoms with van der Waals surface area (Å²) in [5.41, 5.74) is -0.147. The van der Waals surface area contributed by atoms with Crippen molar-refractivity contribution in [3.63, 3.8) is 0 Å². The van der Waals surface area contributed by atoms with Crippen LogP contribution in [0, 0.1) is 0 Å². The van der Waals surface area contributed by atoms with E-state index < -0.39 is 25.9 Å². The molecule has 38 heavy (non-hydrogen) atoms. The van der Waals surface area contributed by atoms with Gasteiger partial charge in [0.1, 0.15) is 11.4 Å². The Balaban J connectivity index is 1.93. The zero-order chi connectivity index (χ0) is 27.8. The van der Waals surface area contributed by atoms with Gasteiger partial charge in [0.05, 0.1) is 40.7 Å². The Labute approximate surface area is 223 Å². The van der Waals surface area contributed by atoms with Crippen LogP contribution in [0.4, 0.5) is 17.1 Å². The van der Waals surface area contributed by atoms with Crippen LogP contribution in [0.1, 0.15) is 0 Å². The van der Waals surface area contributed by atoms with E-state index in [0.717, 1.165) is 0 Å². The number of aromatic hydroxyl groups is 1. The summed E-state index contributed by atoms with van der Waals surface area (Å²) in [5.74, 6) is -0.667. The minimum atomic E-state index is -4.72. The Bertz CT molecular complexity index is 1500. The molecule has 0 saturated carbocycles. The maximum atomic E-state index is 12.4. The first-order valence-electron chi connectivity index (χ1n) is 9.75. The van der Waals surface area contributed by atoms with Gasteiger partial charge in [-0.3, -0.25) is 13.5 Å². The smallest absolute Gasteiger partial charge is 0.357 e. The van der Waals surface area contributed by atoms with E-state index in [-0.39, 0.29) is 62.3 Å². The van der Waals surface area contributed by atoms with Crippen molar-refractivity contribution in [1.82, 2.24) is 0 Å². The standard InChI is InChI=1S/C18H17N3O13S4/c22-17-10-12(35-33-31-23)9-15-14(17)5-6-16(21-38(27,28)29)18(15)20-19-11-1-3-13(4-2-11)37(25,26)8-7-30-36-34-32-24/h1-6,9-10,21-24H,7-8H2,(H,27,28,29)/b20-19+. The van der Waals surface area contributed by atoms with Gasteiger partial charge in [-0.05, 0) is 48.5 Å². The van der Waals surface area contributed by atoms with Crippen LogP contribution in [0.15, 0.2) is 68.6 Å². The summed E-state index contributed by atoms with van der Waals surface area (Å²) < 4.78 is 72.0. The van der Waals surface area contributed by atoms with E-state index in [9.17, 15) is 26.5 Å². The molecule has 3 aromatic carbocycles. The highest BCUT2D eigenvalue weighted by atomic mass is 32.2. The van der Waals surface area contributed by atoms with Crippen molar-refractivity contribution in [2.45, 2.75) is 9.79 Å². The van der Waals surface area contributed by atoms with Gasteiger partial charge in [-0.2, -0.15) is 13.5 Å². The number of hydrogen-bond acceptors (Lipinski definition) is 16. The molecule has 0 saturated heterocycles. The third kappa shape index (κ3) is 8.45. The van der Waals surface area contributed by atoms with E-state index in [2.05, 4.69) is 29.0 Å². The van der Waals surface area contributed by atoms with Crippen molar-refractivity contribution in [3.05, 3.63) is 48.5 Å². The molecule has 0 spiro atoms. The zero-order valence-electron chi connectivity index (χ0n) is 18.5. The number of anilines is 1. The first-order chi connectivity index (χ1) is 18.0. The van der Waals surface area contributed by atoms with Crippen LogP contribution in [0.25, 0.3) is 10.8 Å². The second kappa shape index (κ2) is 13.5. The van der Waals surface area contributed by atoms with Gasteiger partial charge in [0.2, 0.25) is 0 Å². The predicted molar refractivity (Wildman–Crippen MR) is 132 cm³/mol. The largest absolute Gasteiger partial charge is 0.507 e. The number of phenolic OH excluding ortho intramolecular Hbond substituents is 1. The zero-order valence-corrected chi connectivity index (χ0v) is 21.8. The quantitative estimate of drug-likeness (QED) is 0.0425. The normalized spacial score (nSPS) is 12.4. The van der Waals surface area contributed by atoms with Crippen LogP contribution in [-0.4, -0.2) is 49.4 Å². The Morgan fingerprint density at radius 2 is 1.61 bits per heavy atom. The van der Waals surface area contributed by atoms with E-state index >= 15 is 0 Å². The third-order valence-electron chi connectivity index (χ3n) is 4.46. The molecule has 0 atom stereocenters. The van der Waals surface area contributed by atoms with E-state index in [1.165, 1.54) is 48.5 Å². The molecule has 3 aromatic rings. The SMILES string of the molecule is O=S(=O)(O)Nc1ccc2c(O)cc(SOOO)cc2c1/N=N/c1ccc(S(=O)(=O)CCOSOOO)cc1. The van der Waals surface area contributed by atoms with Crippen LogP contribution in [0.2, 0.25) is 0 Å². The molecule has 0 amide bonds.